The first kappa shape index (κ1) is 20.0. The van der Waals surface area contributed by atoms with E-state index < -0.39 is 11.6 Å². The van der Waals surface area contributed by atoms with Crippen LogP contribution < -0.4 is 20.1 Å². The summed E-state index contributed by atoms with van der Waals surface area (Å²) in [6.07, 6.45) is 4.36. The molecule has 2 aliphatic rings. The van der Waals surface area contributed by atoms with Crippen LogP contribution in [0.15, 0.2) is 18.2 Å². The van der Waals surface area contributed by atoms with Crippen LogP contribution in [0.5, 0.6) is 11.5 Å². The van der Waals surface area contributed by atoms with Crippen LogP contribution in [0.4, 0.5) is 4.79 Å². The molecule has 1 spiro atoms. The summed E-state index contributed by atoms with van der Waals surface area (Å²) in [4.78, 5) is 38.4. The van der Waals surface area contributed by atoms with Gasteiger partial charge in [0.25, 0.3) is 5.91 Å². The largest absolute Gasteiger partial charge is 0.493 e. The second-order valence-electron chi connectivity index (χ2n) is 7.21. The molecule has 8 heteroatoms. The van der Waals surface area contributed by atoms with Crippen LogP contribution in [0, 0.1) is 0 Å². The van der Waals surface area contributed by atoms with Crippen LogP contribution in [0.25, 0.3) is 0 Å². The van der Waals surface area contributed by atoms with E-state index >= 15 is 0 Å². The number of carbonyl (C=O) groups excluding carboxylic acids is 3. The average Bonchev–Trinajstić information content (AvgIpc) is 2.93. The van der Waals surface area contributed by atoms with E-state index in [0.29, 0.717) is 24.3 Å². The molecule has 4 amide bonds. The molecular formula is C20H27N3O5. The van der Waals surface area contributed by atoms with Gasteiger partial charge >= 0.3 is 6.03 Å². The lowest BCUT2D eigenvalue weighted by molar-refractivity contribution is -0.132. The first-order chi connectivity index (χ1) is 13.5. The van der Waals surface area contributed by atoms with Gasteiger partial charge in [-0.25, -0.2) is 4.79 Å². The molecule has 1 aliphatic carbocycles. The standard InChI is InChI=1S/C20H27N3O5/c1-27-15-8-6-7-14(17(15)28-2)13-21-16(24)9-12-23-18(25)20(22-19(23)26)10-4-3-5-11-20/h6-8H,3-5,9-13H2,1-2H3,(H,21,24)(H,22,26). The number of hydrogen-bond donors (Lipinski definition) is 2. The van der Waals surface area contributed by atoms with Gasteiger partial charge in [-0.2, -0.15) is 0 Å². The SMILES string of the molecule is COc1cccc(CNC(=O)CCN2C(=O)NC3(CCCCC3)C2=O)c1OC. The maximum Gasteiger partial charge on any atom is 0.325 e. The summed E-state index contributed by atoms with van der Waals surface area (Å²) < 4.78 is 10.6. The van der Waals surface area contributed by atoms with Crippen molar-refractivity contribution in [3.8, 4) is 11.5 Å². The summed E-state index contributed by atoms with van der Waals surface area (Å²) >= 11 is 0. The van der Waals surface area contributed by atoms with Crippen molar-refractivity contribution in [1.29, 1.82) is 0 Å². The van der Waals surface area contributed by atoms with Crippen molar-refractivity contribution in [1.82, 2.24) is 15.5 Å². The first-order valence-corrected chi connectivity index (χ1v) is 9.61. The highest BCUT2D eigenvalue weighted by Crippen LogP contribution is 2.33. The van der Waals surface area contributed by atoms with Crippen LogP contribution in [0.3, 0.4) is 0 Å². The molecule has 152 valence electrons. The molecule has 28 heavy (non-hydrogen) atoms. The summed E-state index contributed by atoms with van der Waals surface area (Å²) in [5.74, 6) is 0.722. The van der Waals surface area contributed by atoms with Crippen LogP contribution >= 0.6 is 0 Å². The van der Waals surface area contributed by atoms with E-state index in [2.05, 4.69) is 10.6 Å². The van der Waals surface area contributed by atoms with E-state index in [4.69, 9.17) is 9.47 Å². The number of para-hydroxylation sites is 1. The zero-order valence-electron chi connectivity index (χ0n) is 16.4. The van der Waals surface area contributed by atoms with Crippen molar-refractivity contribution >= 4 is 17.8 Å². The van der Waals surface area contributed by atoms with E-state index in [1.807, 2.05) is 12.1 Å². The van der Waals surface area contributed by atoms with Gasteiger partial charge in [0.1, 0.15) is 5.54 Å². The van der Waals surface area contributed by atoms with Gasteiger partial charge in [-0.15, -0.1) is 0 Å². The number of benzene rings is 1. The van der Waals surface area contributed by atoms with Gasteiger partial charge in [0.05, 0.1) is 14.2 Å². The van der Waals surface area contributed by atoms with E-state index in [1.54, 1.807) is 20.3 Å². The van der Waals surface area contributed by atoms with Gasteiger partial charge in [0.15, 0.2) is 11.5 Å². The van der Waals surface area contributed by atoms with Crippen molar-refractivity contribution in [3.05, 3.63) is 23.8 Å². The highest BCUT2D eigenvalue weighted by Gasteiger charge is 2.51. The number of nitrogens with one attached hydrogen (secondary N) is 2. The lowest BCUT2D eigenvalue weighted by Crippen LogP contribution is -2.48. The molecule has 2 fully saturated rings. The minimum atomic E-state index is -0.750. The fraction of sp³-hybridized carbons (Fsp3) is 0.550. The van der Waals surface area contributed by atoms with Crippen molar-refractivity contribution < 1.29 is 23.9 Å². The normalized spacial score (nSPS) is 18.1. The molecule has 1 saturated heterocycles. The third-order valence-electron chi connectivity index (χ3n) is 5.48. The molecule has 2 N–H and O–H groups in total. The molecule has 1 aromatic rings. The Kier molecular flexibility index (Phi) is 6.06. The predicted molar refractivity (Wildman–Crippen MR) is 102 cm³/mol. The number of nitrogens with zero attached hydrogens (tertiary/aromatic N) is 1. The Morgan fingerprint density at radius 2 is 1.93 bits per heavy atom. The van der Waals surface area contributed by atoms with Crippen molar-refractivity contribution in [2.45, 2.75) is 50.6 Å². The number of urea groups is 1. The predicted octanol–water partition coefficient (Wildman–Crippen LogP) is 1.96. The van der Waals surface area contributed by atoms with Gasteiger partial charge < -0.3 is 20.1 Å². The Labute approximate surface area is 164 Å². The van der Waals surface area contributed by atoms with E-state index in [9.17, 15) is 14.4 Å². The highest BCUT2D eigenvalue weighted by molar-refractivity contribution is 6.07. The maximum absolute atomic E-state index is 12.7. The molecule has 8 nitrogen and oxygen atoms in total. The minimum Gasteiger partial charge on any atom is -0.493 e. The fourth-order valence-electron chi connectivity index (χ4n) is 3.96. The van der Waals surface area contributed by atoms with Crippen LogP contribution in [0.1, 0.15) is 44.1 Å². The topological polar surface area (TPSA) is 97.0 Å². The minimum absolute atomic E-state index is 0.0571. The number of hydrogen-bond acceptors (Lipinski definition) is 5. The average molecular weight is 389 g/mol. The Bertz CT molecular complexity index is 758. The molecule has 3 rings (SSSR count). The summed E-state index contributed by atoms with van der Waals surface area (Å²) in [5, 5.41) is 5.66. The van der Waals surface area contributed by atoms with Gasteiger partial charge in [0, 0.05) is 25.1 Å². The zero-order chi connectivity index (χ0) is 20.1. The van der Waals surface area contributed by atoms with Crippen molar-refractivity contribution in [2.75, 3.05) is 20.8 Å². The molecule has 0 atom stereocenters. The van der Waals surface area contributed by atoms with Gasteiger partial charge in [-0.3, -0.25) is 14.5 Å². The van der Waals surface area contributed by atoms with E-state index in [-0.39, 0.29) is 31.3 Å². The molecule has 0 radical (unpaired) electrons. The summed E-state index contributed by atoms with van der Waals surface area (Å²) in [5.41, 5.74) is 0.0334. The Hall–Kier alpha value is -2.77. The van der Waals surface area contributed by atoms with Crippen molar-refractivity contribution in [3.63, 3.8) is 0 Å². The third kappa shape index (κ3) is 3.90. The monoisotopic (exact) mass is 389 g/mol. The second-order valence-corrected chi connectivity index (χ2v) is 7.21. The number of imide groups is 1. The molecule has 1 aliphatic heterocycles. The smallest absolute Gasteiger partial charge is 0.325 e. The number of carbonyl (C=O) groups is 3. The first-order valence-electron chi connectivity index (χ1n) is 9.61. The summed E-state index contributed by atoms with van der Waals surface area (Å²) in [6.45, 7) is 0.344. The van der Waals surface area contributed by atoms with Gasteiger partial charge in [0.2, 0.25) is 5.91 Å². The van der Waals surface area contributed by atoms with Gasteiger partial charge in [-0.05, 0) is 18.9 Å². The Balaban J connectivity index is 1.54. The lowest BCUT2D eigenvalue weighted by atomic mass is 9.82. The second kappa shape index (κ2) is 8.50. The van der Waals surface area contributed by atoms with Crippen LogP contribution in [-0.2, 0) is 16.1 Å². The Morgan fingerprint density at radius 3 is 2.61 bits per heavy atom. The summed E-state index contributed by atoms with van der Waals surface area (Å²) in [6, 6.07) is 5.04. The Morgan fingerprint density at radius 1 is 1.18 bits per heavy atom. The molecule has 0 aromatic heterocycles. The van der Waals surface area contributed by atoms with E-state index in [1.165, 1.54) is 4.90 Å². The van der Waals surface area contributed by atoms with Crippen LogP contribution in [0.2, 0.25) is 0 Å². The molecule has 0 unspecified atom stereocenters. The number of amides is 4. The third-order valence-corrected chi connectivity index (χ3v) is 5.48. The highest BCUT2D eigenvalue weighted by atomic mass is 16.5. The fourth-order valence-corrected chi connectivity index (χ4v) is 3.96. The van der Waals surface area contributed by atoms with E-state index in [0.717, 1.165) is 24.8 Å². The van der Waals surface area contributed by atoms with Crippen LogP contribution in [-0.4, -0.2) is 49.0 Å². The molecular weight excluding hydrogens is 362 g/mol. The summed E-state index contributed by atoms with van der Waals surface area (Å²) in [7, 11) is 3.10. The number of ether oxygens (including phenoxy) is 2. The molecule has 1 aromatic carbocycles. The quantitative estimate of drug-likeness (QED) is 0.695. The number of methoxy groups -OCH3 is 2. The molecule has 1 saturated carbocycles. The number of rotatable bonds is 7. The molecule has 0 bridgehead atoms. The zero-order valence-corrected chi connectivity index (χ0v) is 16.4. The van der Waals surface area contributed by atoms with Crippen molar-refractivity contribution in [2.24, 2.45) is 0 Å². The maximum atomic E-state index is 12.7. The lowest BCUT2D eigenvalue weighted by Gasteiger charge is -2.30. The van der Waals surface area contributed by atoms with Gasteiger partial charge in [-0.1, -0.05) is 31.4 Å². The molecule has 1 heterocycles.